The third kappa shape index (κ3) is 3.95. The summed E-state index contributed by atoms with van der Waals surface area (Å²) in [6.45, 7) is 1.20. The Bertz CT molecular complexity index is 890. The number of aryl methyl sites for hydroxylation is 1. The molecule has 1 unspecified atom stereocenters. The molecular weight excluding hydrogens is 379 g/mol. The van der Waals surface area contributed by atoms with Crippen molar-refractivity contribution in [3.63, 3.8) is 0 Å². The van der Waals surface area contributed by atoms with Crippen molar-refractivity contribution in [2.45, 2.75) is 44.6 Å². The van der Waals surface area contributed by atoms with Crippen LogP contribution >= 0.6 is 11.3 Å². The van der Waals surface area contributed by atoms with E-state index >= 15 is 0 Å². The molecule has 1 aromatic heterocycles. The van der Waals surface area contributed by atoms with Gasteiger partial charge in [0.15, 0.2) is 0 Å². The van der Waals surface area contributed by atoms with Crippen molar-refractivity contribution in [3.05, 3.63) is 51.7 Å². The number of hydrogen-bond donors (Lipinski definition) is 2. The number of amides is 2. The number of hydrogen-bond acceptors (Lipinski definition) is 4. The second-order valence-electron chi connectivity index (χ2n) is 7.19. The monoisotopic (exact) mass is 402 g/mol. The second-order valence-corrected chi connectivity index (χ2v) is 8.30. The normalized spacial score (nSPS) is 18.5. The van der Waals surface area contributed by atoms with E-state index in [-0.39, 0.29) is 17.6 Å². The first-order valence-corrected chi connectivity index (χ1v) is 10.6. The van der Waals surface area contributed by atoms with Crippen molar-refractivity contribution in [2.24, 2.45) is 0 Å². The topological polar surface area (TPSA) is 67.4 Å². The highest BCUT2D eigenvalue weighted by atomic mass is 32.1. The zero-order chi connectivity index (χ0) is 19.5. The number of nitrogens with one attached hydrogen (secondary N) is 2. The van der Waals surface area contributed by atoms with Gasteiger partial charge in [-0.1, -0.05) is 12.1 Å². The smallest absolute Gasteiger partial charge is 0.259 e. The molecule has 2 aromatic rings. The van der Waals surface area contributed by atoms with E-state index < -0.39 is 11.7 Å². The molecule has 0 spiro atoms. The van der Waals surface area contributed by atoms with Gasteiger partial charge in [0.1, 0.15) is 10.8 Å². The van der Waals surface area contributed by atoms with Gasteiger partial charge in [-0.15, -0.1) is 11.3 Å². The van der Waals surface area contributed by atoms with Crippen LogP contribution in [0, 0.1) is 5.82 Å². The summed E-state index contributed by atoms with van der Waals surface area (Å²) in [7, 11) is 0. The van der Waals surface area contributed by atoms with Crippen LogP contribution in [0.1, 0.15) is 56.8 Å². The molecule has 2 heterocycles. The molecule has 1 aliphatic heterocycles. The highest BCUT2D eigenvalue weighted by Gasteiger charge is 2.27. The molecule has 5 nitrogen and oxygen atoms in total. The first-order chi connectivity index (χ1) is 13.6. The van der Waals surface area contributed by atoms with E-state index in [1.807, 2.05) is 0 Å². The molecule has 0 radical (unpaired) electrons. The number of rotatable bonds is 5. The summed E-state index contributed by atoms with van der Waals surface area (Å²) in [5.41, 5.74) is 1.52. The van der Waals surface area contributed by atoms with Gasteiger partial charge >= 0.3 is 0 Å². The minimum Gasteiger partial charge on any atom is -0.376 e. The molecule has 148 valence electrons. The fourth-order valence-electron chi connectivity index (χ4n) is 3.81. The van der Waals surface area contributed by atoms with Gasteiger partial charge < -0.3 is 15.4 Å². The molecule has 2 aliphatic rings. The maximum absolute atomic E-state index is 14.0. The summed E-state index contributed by atoms with van der Waals surface area (Å²) in [6.07, 6.45) is 5.83. The Kier molecular flexibility index (Phi) is 5.73. The molecule has 0 bridgehead atoms. The summed E-state index contributed by atoms with van der Waals surface area (Å²) in [4.78, 5) is 26.7. The minimum absolute atomic E-state index is 0.0282. The number of halogens is 1. The first-order valence-electron chi connectivity index (χ1n) is 9.73. The Labute approximate surface area is 167 Å². The highest BCUT2D eigenvalue weighted by molar-refractivity contribution is 7.17. The van der Waals surface area contributed by atoms with Gasteiger partial charge in [0.2, 0.25) is 0 Å². The molecule has 1 aromatic carbocycles. The molecule has 1 fully saturated rings. The summed E-state index contributed by atoms with van der Waals surface area (Å²) in [5, 5.41) is 6.25. The molecular formula is C21H23FN2O3S. The molecule has 2 amide bonds. The molecule has 1 aliphatic carbocycles. The molecule has 2 N–H and O–H groups in total. The SMILES string of the molecule is O=C(Nc1sc2c(c1C(=O)NCC1CCCO1)CCCC2)c1ccccc1F. The van der Waals surface area contributed by atoms with Gasteiger partial charge in [0.05, 0.1) is 17.2 Å². The van der Waals surface area contributed by atoms with Crippen LogP contribution < -0.4 is 10.6 Å². The lowest BCUT2D eigenvalue weighted by molar-refractivity contribution is 0.0858. The first kappa shape index (κ1) is 19.1. The van der Waals surface area contributed by atoms with Gasteiger partial charge in [-0.25, -0.2) is 4.39 Å². The number of fused-ring (bicyclic) bond motifs is 1. The van der Waals surface area contributed by atoms with E-state index in [0.717, 1.165) is 55.6 Å². The van der Waals surface area contributed by atoms with Gasteiger partial charge in [-0.05, 0) is 56.2 Å². The van der Waals surface area contributed by atoms with E-state index in [1.165, 1.54) is 23.5 Å². The van der Waals surface area contributed by atoms with Crippen LogP contribution in [0.5, 0.6) is 0 Å². The molecule has 0 saturated carbocycles. The van der Waals surface area contributed by atoms with Crippen molar-refractivity contribution in [1.29, 1.82) is 0 Å². The number of benzene rings is 1. The van der Waals surface area contributed by atoms with E-state index in [2.05, 4.69) is 10.6 Å². The molecule has 28 heavy (non-hydrogen) atoms. The van der Waals surface area contributed by atoms with E-state index in [0.29, 0.717) is 17.1 Å². The van der Waals surface area contributed by atoms with E-state index in [9.17, 15) is 14.0 Å². The number of ether oxygens (including phenoxy) is 1. The molecule has 1 saturated heterocycles. The predicted octanol–water partition coefficient (Wildman–Crippen LogP) is 3.93. The predicted molar refractivity (Wildman–Crippen MR) is 107 cm³/mol. The van der Waals surface area contributed by atoms with Crippen LogP contribution in [0.3, 0.4) is 0 Å². The largest absolute Gasteiger partial charge is 0.376 e. The van der Waals surface area contributed by atoms with Crippen LogP contribution in [0.15, 0.2) is 24.3 Å². The quantitative estimate of drug-likeness (QED) is 0.796. The van der Waals surface area contributed by atoms with Crippen LogP contribution in [0.4, 0.5) is 9.39 Å². The lowest BCUT2D eigenvalue weighted by atomic mass is 9.95. The van der Waals surface area contributed by atoms with E-state index in [1.54, 1.807) is 12.1 Å². The number of anilines is 1. The van der Waals surface area contributed by atoms with Crippen molar-refractivity contribution in [2.75, 3.05) is 18.5 Å². The van der Waals surface area contributed by atoms with Crippen LogP contribution in [0.25, 0.3) is 0 Å². The average Bonchev–Trinajstić information content (AvgIpc) is 3.33. The number of thiophene rings is 1. The fraction of sp³-hybridized carbons (Fsp3) is 0.429. The minimum atomic E-state index is -0.578. The third-order valence-electron chi connectivity index (χ3n) is 5.26. The molecule has 7 heteroatoms. The number of carbonyl (C=O) groups is 2. The lowest BCUT2D eigenvalue weighted by Gasteiger charge is -2.15. The summed E-state index contributed by atoms with van der Waals surface area (Å²) >= 11 is 1.43. The number of carbonyl (C=O) groups excluding carboxylic acids is 2. The Hall–Kier alpha value is -2.25. The standard InChI is InChI=1S/C21H23FN2O3S/c22-16-9-3-1-7-14(16)19(25)24-21-18(15-8-2-4-10-17(15)28-21)20(26)23-12-13-6-5-11-27-13/h1,3,7,9,13H,2,4-6,8,10-12H2,(H,23,26)(H,24,25). The summed E-state index contributed by atoms with van der Waals surface area (Å²) in [5.74, 6) is -1.31. The zero-order valence-electron chi connectivity index (χ0n) is 15.6. The lowest BCUT2D eigenvalue weighted by Crippen LogP contribution is -2.32. The Balaban J connectivity index is 1.57. The highest BCUT2D eigenvalue weighted by Crippen LogP contribution is 2.38. The van der Waals surface area contributed by atoms with Crippen molar-refractivity contribution >= 4 is 28.2 Å². The van der Waals surface area contributed by atoms with Crippen molar-refractivity contribution in [1.82, 2.24) is 5.32 Å². The maximum atomic E-state index is 14.0. The Morgan fingerprint density at radius 2 is 1.96 bits per heavy atom. The maximum Gasteiger partial charge on any atom is 0.259 e. The molecule has 4 rings (SSSR count). The van der Waals surface area contributed by atoms with Gasteiger partial charge in [0.25, 0.3) is 11.8 Å². The van der Waals surface area contributed by atoms with Gasteiger partial charge in [-0.2, -0.15) is 0 Å². The summed E-state index contributed by atoms with van der Waals surface area (Å²) < 4.78 is 19.5. The van der Waals surface area contributed by atoms with Crippen LogP contribution in [0.2, 0.25) is 0 Å². The van der Waals surface area contributed by atoms with Crippen molar-refractivity contribution < 1.29 is 18.7 Å². The zero-order valence-corrected chi connectivity index (χ0v) is 16.4. The third-order valence-corrected chi connectivity index (χ3v) is 6.47. The van der Waals surface area contributed by atoms with E-state index in [4.69, 9.17) is 4.74 Å². The fourth-order valence-corrected chi connectivity index (χ4v) is 5.09. The Morgan fingerprint density at radius 3 is 2.75 bits per heavy atom. The van der Waals surface area contributed by atoms with Crippen LogP contribution in [-0.2, 0) is 17.6 Å². The van der Waals surface area contributed by atoms with Crippen molar-refractivity contribution in [3.8, 4) is 0 Å². The molecule has 1 atom stereocenters. The van der Waals surface area contributed by atoms with Crippen LogP contribution in [-0.4, -0.2) is 31.1 Å². The average molecular weight is 402 g/mol. The van der Waals surface area contributed by atoms with Gasteiger partial charge in [-0.3, -0.25) is 9.59 Å². The summed E-state index contributed by atoms with van der Waals surface area (Å²) in [6, 6.07) is 5.85. The van der Waals surface area contributed by atoms with Gasteiger partial charge in [0, 0.05) is 18.0 Å². The Morgan fingerprint density at radius 1 is 1.14 bits per heavy atom. The second kappa shape index (κ2) is 8.41.